The molecule has 0 spiro atoms. The average molecular weight is 397 g/mol. The van der Waals surface area contributed by atoms with E-state index in [0.29, 0.717) is 32.8 Å². The number of fused-ring (bicyclic) bond motifs is 1. The van der Waals surface area contributed by atoms with Crippen molar-refractivity contribution in [1.29, 1.82) is 0 Å². The highest BCUT2D eigenvalue weighted by Crippen LogP contribution is 2.31. The maximum atomic E-state index is 12.5. The molecule has 2 amide bonds. The van der Waals surface area contributed by atoms with Gasteiger partial charge in [-0.1, -0.05) is 18.2 Å². The van der Waals surface area contributed by atoms with Crippen LogP contribution in [0, 0.1) is 0 Å². The van der Waals surface area contributed by atoms with Gasteiger partial charge < -0.3 is 29.3 Å². The molecule has 0 saturated carbocycles. The predicted octanol–water partition coefficient (Wildman–Crippen LogP) is 2.54. The normalized spacial score (nSPS) is 15.8. The lowest BCUT2D eigenvalue weighted by Gasteiger charge is -2.36. The third-order valence-corrected chi connectivity index (χ3v) is 5.29. The third kappa shape index (κ3) is 4.50. The van der Waals surface area contributed by atoms with Crippen molar-refractivity contribution in [3.8, 4) is 17.2 Å². The quantitative estimate of drug-likeness (QED) is 0.840. The van der Waals surface area contributed by atoms with Gasteiger partial charge >= 0.3 is 6.03 Å². The summed E-state index contributed by atoms with van der Waals surface area (Å²) in [5.74, 6) is 2.44. The van der Waals surface area contributed by atoms with Crippen molar-refractivity contribution in [2.24, 2.45) is 0 Å². The van der Waals surface area contributed by atoms with Gasteiger partial charge in [-0.2, -0.15) is 0 Å². The van der Waals surface area contributed by atoms with Crippen LogP contribution in [0.5, 0.6) is 17.2 Å². The van der Waals surface area contributed by atoms with Crippen LogP contribution >= 0.6 is 0 Å². The number of para-hydroxylation sites is 2. The zero-order chi connectivity index (χ0) is 20.1. The Labute approximate surface area is 171 Å². The highest BCUT2D eigenvalue weighted by molar-refractivity contribution is 5.74. The molecule has 0 unspecified atom stereocenters. The third-order valence-electron chi connectivity index (χ3n) is 5.29. The Bertz CT molecular complexity index is 850. The van der Waals surface area contributed by atoms with Gasteiger partial charge in [-0.15, -0.1) is 0 Å². The van der Waals surface area contributed by atoms with Crippen molar-refractivity contribution in [1.82, 2.24) is 10.2 Å². The van der Waals surface area contributed by atoms with E-state index >= 15 is 0 Å². The number of nitrogens with zero attached hydrogens (tertiary/aromatic N) is 2. The van der Waals surface area contributed by atoms with Gasteiger partial charge in [0.05, 0.1) is 12.8 Å². The number of hydrogen-bond acceptors (Lipinski definition) is 5. The Kier molecular flexibility index (Phi) is 5.93. The minimum Gasteiger partial charge on any atom is -0.495 e. The first-order valence-corrected chi connectivity index (χ1v) is 10.0. The number of ether oxygens (including phenoxy) is 3. The number of rotatable bonds is 5. The number of methoxy groups -OCH3 is 1. The standard InChI is InChI=1S/C22H27N3O4/c1-27-19-5-3-2-4-18(19)24-10-12-25(13-11-24)22(26)23-9-8-17-6-7-20-21(16-17)29-15-14-28-20/h2-7,16H,8-15H2,1H3,(H,23,26). The van der Waals surface area contributed by atoms with Gasteiger partial charge in [0.25, 0.3) is 0 Å². The van der Waals surface area contributed by atoms with Crippen LogP contribution in [-0.4, -0.2) is 64.0 Å². The number of anilines is 1. The summed E-state index contributed by atoms with van der Waals surface area (Å²) >= 11 is 0. The van der Waals surface area contributed by atoms with Crippen LogP contribution in [0.1, 0.15) is 5.56 Å². The van der Waals surface area contributed by atoms with Crippen LogP contribution in [0.4, 0.5) is 10.5 Å². The maximum absolute atomic E-state index is 12.5. The van der Waals surface area contributed by atoms with E-state index in [1.165, 1.54) is 0 Å². The molecule has 2 aliphatic rings. The minimum absolute atomic E-state index is 0.0118. The summed E-state index contributed by atoms with van der Waals surface area (Å²) in [6.07, 6.45) is 0.754. The van der Waals surface area contributed by atoms with Crippen molar-refractivity contribution in [2.75, 3.05) is 57.9 Å². The second-order valence-corrected chi connectivity index (χ2v) is 7.11. The van der Waals surface area contributed by atoms with Gasteiger partial charge in [0, 0.05) is 32.7 Å². The molecule has 7 nitrogen and oxygen atoms in total. The van der Waals surface area contributed by atoms with Gasteiger partial charge in [0.2, 0.25) is 0 Å². The fourth-order valence-corrected chi connectivity index (χ4v) is 3.71. The maximum Gasteiger partial charge on any atom is 0.317 e. The van der Waals surface area contributed by atoms with E-state index < -0.39 is 0 Å². The van der Waals surface area contributed by atoms with E-state index in [1.54, 1.807) is 7.11 Å². The molecule has 2 aromatic carbocycles. The zero-order valence-electron chi connectivity index (χ0n) is 16.7. The van der Waals surface area contributed by atoms with Crippen LogP contribution < -0.4 is 24.4 Å². The smallest absolute Gasteiger partial charge is 0.317 e. The first kappa shape index (κ1) is 19.2. The number of carbonyl (C=O) groups excluding carboxylic acids is 1. The molecule has 1 N–H and O–H groups in total. The number of carbonyl (C=O) groups is 1. The van der Waals surface area contributed by atoms with Crippen LogP contribution in [0.3, 0.4) is 0 Å². The molecule has 0 atom stereocenters. The summed E-state index contributed by atoms with van der Waals surface area (Å²) in [7, 11) is 1.68. The highest BCUT2D eigenvalue weighted by Gasteiger charge is 2.22. The van der Waals surface area contributed by atoms with Crippen molar-refractivity contribution >= 4 is 11.7 Å². The fourth-order valence-electron chi connectivity index (χ4n) is 3.71. The first-order valence-electron chi connectivity index (χ1n) is 10.0. The number of hydrogen-bond donors (Lipinski definition) is 1. The number of nitrogens with one attached hydrogen (secondary N) is 1. The van der Waals surface area contributed by atoms with Gasteiger partial charge in [-0.25, -0.2) is 4.79 Å². The average Bonchev–Trinajstić information content (AvgIpc) is 2.79. The molecule has 1 fully saturated rings. The lowest BCUT2D eigenvalue weighted by molar-refractivity contribution is 0.171. The Morgan fingerprint density at radius 3 is 2.59 bits per heavy atom. The van der Waals surface area contributed by atoms with E-state index in [1.807, 2.05) is 41.3 Å². The Morgan fingerprint density at radius 2 is 1.79 bits per heavy atom. The molecule has 0 radical (unpaired) electrons. The molecule has 2 aromatic rings. The largest absolute Gasteiger partial charge is 0.495 e. The van der Waals surface area contributed by atoms with E-state index in [2.05, 4.69) is 16.3 Å². The number of benzene rings is 2. The van der Waals surface area contributed by atoms with Crippen molar-refractivity contribution in [2.45, 2.75) is 6.42 Å². The van der Waals surface area contributed by atoms with E-state index in [0.717, 1.165) is 48.0 Å². The number of piperazine rings is 1. The first-order chi connectivity index (χ1) is 14.2. The molecule has 7 heteroatoms. The van der Waals surface area contributed by atoms with Gasteiger partial charge in [-0.3, -0.25) is 0 Å². The van der Waals surface area contributed by atoms with Crippen LogP contribution in [0.15, 0.2) is 42.5 Å². The summed E-state index contributed by atoms with van der Waals surface area (Å²) in [5, 5.41) is 3.03. The molecule has 2 heterocycles. The minimum atomic E-state index is -0.0118. The van der Waals surface area contributed by atoms with Crippen LogP contribution in [0.2, 0.25) is 0 Å². The molecule has 4 rings (SSSR count). The predicted molar refractivity (Wildman–Crippen MR) is 111 cm³/mol. The van der Waals surface area contributed by atoms with Crippen molar-refractivity contribution < 1.29 is 19.0 Å². The topological polar surface area (TPSA) is 63.3 Å². The van der Waals surface area contributed by atoms with Crippen molar-refractivity contribution in [3.63, 3.8) is 0 Å². The van der Waals surface area contributed by atoms with Crippen LogP contribution in [-0.2, 0) is 6.42 Å². The molecule has 154 valence electrons. The Hall–Kier alpha value is -3.09. The SMILES string of the molecule is COc1ccccc1N1CCN(C(=O)NCCc2ccc3c(c2)OCCO3)CC1. The second kappa shape index (κ2) is 8.94. The molecule has 1 saturated heterocycles. The molecular weight excluding hydrogens is 370 g/mol. The molecule has 0 aliphatic carbocycles. The van der Waals surface area contributed by atoms with Crippen molar-refractivity contribution in [3.05, 3.63) is 48.0 Å². The van der Waals surface area contributed by atoms with E-state index in [9.17, 15) is 4.79 Å². The van der Waals surface area contributed by atoms with E-state index in [4.69, 9.17) is 14.2 Å². The monoisotopic (exact) mass is 397 g/mol. The lowest BCUT2D eigenvalue weighted by Crippen LogP contribution is -2.52. The van der Waals surface area contributed by atoms with Crippen LogP contribution in [0.25, 0.3) is 0 Å². The van der Waals surface area contributed by atoms with Gasteiger partial charge in [0.1, 0.15) is 19.0 Å². The molecule has 0 aromatic heterocycles. The molecular formula is C22H27N3O4. The summed E-state index contributed by atoms with van der Waals surface area (Å²) in [4.78, 5) is 16.6. The van der Waals surface area contributed by atoms with Gasteiger partial charge in [0.15, 0.2) is 11.5 Å². The Morgan fingerprint density at radius 1 is 1.03 bits per heavy atom. The summed E-state index contributed by atoms with van der Waals surface area (Å²) < 4.78 is 16.6. The summed E-state index contributed by atoms with van der Waals surface area (Å²) in [5.41, 5.74) is 2.20. The van der Waals surface area contributed by atoms with E-state index in [-0.39, 0.29) is 6.03 Å². The molecule has 2 aliphatic heterocycles. The second-order valence-electron chi connectivity index (χ2n) is 7.11. The number of urea groups is 1. The highest BCUT2D eigenvalue weighted by atomic mass is 16.6. The fraction of sp³-hybridized carbons (Fsp3) is 0.409. The number of amides is 2. The Balaban J connectivity index is 1.24. The molecule has 0 bridgehead atoms. The lowest BCUT2D eigenvalue weighted by atomic mass is 10.1. The summed E-state index contributed by atoms with van der Waals surface area (Å²) in [6, 6.07) is 13.9. The summed E-state index contributed by atoms with van der Waals surface area (Å²) in [6.45, 7) is 4.71. The van der Waals surface area contributed by atoms with Gasteiger partial charge in [-0.05, 0) is 36.2 Å². The zero-order valence-corrected chi connectivity index (χ0v) is 16.7. The molecule has 29 heavy (non-hydrogen) atoms.